The van der Waals surface area contributed by atoms with Gasteiger partial charge in [0.15, 0.2) is 0 Å². The van der Waals surface area contributed by atoms with Crippen molar-refractivity contribution in [3.05, 3.63) is 58.7 Å². The fourth-order valence-corrected chi connectivity index (χ4v) is 2.78. The van der Waals surface area contributed by atoms with Crippen LogP contribution in [-0.4, -0.2) is 0 Å². The highest BCUT2D eigenvalue weighted by Crippen LogP contribution is 2.33. The summed E-state index contributed by atoms with van der Waals surface area (Å²) in [7, 11) is 0. The Labute approximate surface area is 108 Å². The second kappa shape index (κ2) is 4.05. The second-order valence-corrected chi connectivity index (χ2v) is 5.13. The van der Waals surface area contributed by atoms with Crippen LogP contribution in [0.4, 0.5) is 11.4 Å². The standard InChI is InChI=1S/C16H18N2/c1-11-6-7-16(12(2)8-11)18-9-13-4-3-5-15(17)14(13)10-18/h3-8H,9-10,17H2,1-2H3. The SMILES string of the molecule is Cc1ccc(N2Cc3cccc(N)c3C2)c(C)c1. The van der Waals surface area contributed by atoms with E-state index in [2.05, 4.69) is 43.0 Å². The molecule has 0 amide bonds. The van der Waals surface area contributed by atoms with Crippen LogP contribution in [0.1, 0.15) is 22.3 Å². The molecule has 1 heterocycles. The lowest BCUT2D eigenvalue weighted by Gasteiger charge is -2.20. The first-order chi connectivity index (χ1) is 8.65. The van der Waals surface area contributed by atoms with E-state index in [1.807, 2.05) is 12.1 Å². The van der Waals surface area contributed by atoms with Gasteiger partial charge < -0.3 is 10.6 Å². The number of nitrogens with zero attached hydrogens (tertiary/aromatic N) is 1. The Morgan fingerprint density at radius 3 is 2.61 bits per heavy atom. The van der Waals surface area contributed by atoms with Crippen LogP contribution in [0.3, 0.4) is 0 Å². The van der Waals surface area contributed by atoms with Gasteiger partial charge in [-0.05, 0) is 42.7 Å². The molecule has 1 aliphatic rings. The summed E-state index contributed by atoms with van der Waals surface area (Å²) in [4.78, 5) is 2.40. The number of nitrogen functional groups attached to an aromatic ring is 1. The largest absolute Gasteiger partial charge is 0.398 e. The van der Waals surface area contributed by atoms with Crippen molar-refractivity contribution in [1.82, 2.24) is 0 Å². The number of hydrogen-bond donors (Lipinski definition) is 1. The van der Waals surface area contributed by atoms with Crippen LogP contribution in [-0.2, 0) is 13.1 Å². The fraction of sp³-hybridized carbons (Fsp3) is 0.250. The zero-order valence-corrected chi connectivity index (χ0v) is 10.9. The molecule has 0 saturated heterocycles. The third-order valence-electron chi connectivity index (χ3n) is 3.71. The van der Waals surface area contributed by atoms with Gasteiger partial charge in [0.05, 0.1) is 0 Å². The molecule has 0 bridgehead atoms. The summed E-state index contributed by atoms with van der Waals surface area (Å²) < 4.78 is 0. The molecule has 2 heteroatoms. The highest BCUT2D eigenvalue weighted by molar-refractivity contribution is 5.62. The third kappa shape index (κ3) is 1.74. The number of benzene rings is 2. The Kier molecular flexibility index (Phi) is 2.51. The normalized spacial score (nSPS) is 13.8. The Balaban J connectivity index is 1.96. The van der Waals surface area contributed by atoms with Crippen LogP contribution < -0.4 is 10.6 Å². The summed E-state index contributed by atoms with van der Waals surface area (Å²) in [6.07, 6.45) is 0. The lowest BCUT2D eigenvalue weighted by atomic mass is 10.1. The molecule has 18 heavy (non-hydrogen) atoms. The van der Waals surface area contributed by atoms with E-state index in [-0.39, 0.29) is 0 Å². The Hall–Kier alpha value is -1.96. The maximum Gasteiger partial charge on any atom is 0.0457 e. The molecule has 0 atom stereocenters. The van der Waals surface area contributed by atoms with Crippen molar-refractivity contribution in [3.8, 4) is 0 Å². The van der Waals surface area contributed by atoms with Crippen LogP contribution in [0.2, 0.25) is 0 Å². The van der Waals surface area contributed by atoms with Crippen molar-refractivity contribution in [1.29, 1.82) is 0 Å². The first-order valence-electron chi connectivity index (χ1n) is 6.33. The van der Waals surface area contributed by atoms with Gasteiger partial charge in [-0.3, -0.25) is 0 Å². The van der Waals surface area contributed by atoms with E-state index in [1.54, 1.807) is 0 Å². The van der Waals surface area contributed by atoms with E-state index in [4.69, 9.17) is 5.73 Å². The molecule has 0 unspecified atom stereocenters. The Morgan fingerprint density at radius 1 is 1.06 bits per heavy atom. The second-order valence-electron chi connectivity index (χ2n) is 5.13. The van der Waals surface area contributed by atoms with Gasteiger partial charge in [0.1, 0.15) is 0 Å². The summed E-state index contributed by atoms with van der Waals surface area (Å²) in [6.45, 7) is 6.19. The molecule has 3 rings (SSSR count). The van der Waals surface area contributed by atoms with Crippen molar-refractivity contribution in [2.24, 2.45) is 0 Å². The molecule has 2 aromatic carbocycles. The van der Waals surface area contributed by atoms with Gasteiger partial charge in [-0.15, -0.1) is 0 Å². The van der Waals surface area contributed by atoms with Crippen LogP contribution in [0, 0.1) is 13.8 Å². The maximum absolute atomic E-state index is 6.05. The molecule has 2 nitrogen and oxygen atoms in total. The van der Waals surface area contributed by atoms with Crippen molar-refractivity contribution in [3.63, 3.8) is 0 Å². The van der Waals surface area contributed by atoms with Gasteiger partial charge in [0.2, 0.25) is 0 Å². The topological polar surface area (TPSA) is 29.3 Å². The number of hydrogen-bond acceptors (Lipinski definition) is 2. The first-order valence-corrected chi connectivity index (χ1v) is 6.33. The molecule has 0 aromatic heterocycles. The minimum Gasteiger partial charge on any atom is -0.398 e. The summed E-state index contributed by atoms with van der Waals surface area (Å²) in [5, 5.41) is 0. The van der Waals surface area contributed by atoms with Crippen LogP contribution in [0.5, 0.6) is 0 Å². The van der Waals surface area contributed by atoms with Crippen molar-refractivity contribution in [2.75, 3.05) is 10.6 Å². The van der Waals surface area contributed by atoms with E-state index in [1.165, 1.54) is 27.9 Å². The van der Waals surface area contributed by atoms with Gasteiger partial charge in [-0.2, -0.15) is 0 Å². The number of fused-ring (bicyclic) bond motifs is 1. The predicted molar refractivity (Wildman–Crippen MR) is 76.7 cm³/mol. The highest BCUT2D eigenvalue weighted by atomic mass is 15.1. The number of anilines is 2. The van der Waals surface area contributed by atoms with Gasteiger partial charge in [-0.1, -0.05) is 29.8 Å². The van der Waals surface area contributed by atoms with Gasteiger partial charge >= 0.3 is 0 Å². The molecule has 2 aromatic rings. The van der Waals surface area contributed by atoms with E-state index < -0.39 is 0 Å². The van der Waals surface area contributed by atoms with Crippen molar-refractivity contribution in [2.45, 2.75) is 26.9 Å². The Bertz CT molecular complexity index is 602. The molecule has 0 fully saturated rings. The zero-order valence-electron chi connectivity index (χ0n) is 10.9. The molecule has 92 valence electrons. The summed E-state index contributed by atoms with van der Waals surface area (Å²) in [5.41, 5.74) is 13.6. The van der Waals surface area contributed by atoms with Crippen LogP contribution >= 0.6 is 0 Å². The molecule has 2 N–H and O–H groups in total. The van der Waals surface area contributed by atoms with Gasteiger partial charge in [0, 0.05) is 24.5 Å². The van der Waals surface area contributed by atoms with Gasteiger partial charge in [0.25, 0.3) is 0 Å². The smallest absolute Gasteiger partial charge is 0.0457 e. The van der Waals surface area contributed by atoms with Crippen LogP contribution in [0.25, 0.3) is 0 Å². The third-order valence-corrected chi connectivity index (χ3v) is 3.71. The van der Waals surface area contributed by atoms with E-state index >= 15 is 0 Å². The summed E-state index contributed by atoms with van der Waals surface area (Å²) in [5.74, 6) is 0. The molecular formula is C16H18N2. The Morgan fingerprint density at radius 2 is 1.89 bits per heavy atom. The minimum absolute atomic E-state index is 0.916. The average molecular weight is 238 g/mol. The molecule has 0 aliphatic carbocycles. The molecule has 0 radical (unpaired) electrons. The first kappa shape index (κ1) is 11.1. The van der Waals surface area contributed by atoms with Crippen molar-refractivity contribution >= 4 is 11.4 Å². The highest BCUT2D eigenvalue weighted by Gasteiger charge is 2.21. The zero-order chi connectivity index (χ0) is 12.7. The summed E-state index contributed by atoms with van der Waals surface area (Å²) in [6, 6.07) is 12.8. The molecular weight excluding hydrogens is 220 g/mol. The van der Waals surface area contributed by atoms with Gasteiger partial charge in [-0.25, -0.2) is 0 Å². The quantitative estimate of drug-likeness (QED) is 0.771. The van der Waals surface area contributed by atoms with E-state index in [9.17, 15) is 0 Å². The molecule has 1 aliphatic heterocycles. The maximum atomic E-state index is 6.05. The fourth-order valence-electron chi connectivity index (χ4n) is 2.78. The van der Waals surface area contributed by atoms with E-state index in [0.717, 1.165) is 18.8 Å². The average Bonchev–Trinajstić information content (AvgIpc) is 2.74. The molecule has 0 saturated carbocycles. The number of nitrogens with two attached hydrogens (primary N) is 1. The predicted octanol–water partition coefficient (Wildman–Crippen LogP) is 3.41. The number of rotatable bonds is 1. The van der Waals surface area contributed by atoms with E-state index in [0.29, 0.717) is 0 Å². The number of aryl methyl sites for hydroxylation is 2. The lowest BCUT2D eigenvalue weighted by Crippen LogP contribution is -2.15. The minimum atomic E-state index is 0.916. The van der Waals surface area contributed by atoms with Crippen LogP contribution in [0.15, 0.2) is 36.4 Å². The molecule has 0 spiro atoms. The lowest BCUT2D eigenvalue weighted by molar-refractivity contribution is 0.875. The summed E-state index contributed by atoms with van der Waals surface area (Å²) >= 11 is 0. The van der Waals surface area contributed by atoms with Crippen molar-refractivity contribution < 1.29 is 0 Å². The monoisotopic (exact) mass is 238 g/mol.